The topological polar surface area (TPSA) is 75.8 Å². The highest BCUT2D eigenvalue weighted by Crippen LogP contribution is 2.21. The van der Waals surface area contributed by atoms with E-state index in [1.165, 1.54) is 5.56 Å². The molecule has 2 N–H and O–H groups in total. The molecule has 1 aromatic carbocycles. The molecule has 0 spiro atoms. The summed E-state index contributed by atoms with van der Waals surface area (Å²) in [6.07, 6.45) is 4.78. The number of aliphatic imine (C=N–C) groups is 1. The number of benzene rings is 1. The van der Waals surface area contributed by atoms with Crippen LogP contribution in [0.3, 0.4) is 0 Å². The zero-order chi connectivity index (χ0) is 21.2. The van der Waals surface area contributed by atoms with Gasteiger partial charge in [0, 0.05) is 31.3 Å². The largest absolute Gasteiger partial charge is 0.493 e. The maximum absolute atomic E-state index is 5.91. The molecule has 2 aromatic heterocycles. The Bertz CT molecular complexity index is 965. The highest BCUT2D eigenvalue weighted by Gasteiger charge is 2.06. The molecule has 7 heteroatoms. The van der Waals surface area contributed by atoms with Gasteiger partial charge in [-0.1, -0.05) is 25.1 Å². The summed E-state index contributed by atoms with van der Waals surface area (Å²) < 4.78 is 7.95. The SMILES string of the molecule is CCCOc1cc(C)ccc1CN=C(NCC)NCCCc1nnc2ccccn12. The highest BCUT2D eigenvalue weighted by molar-refractivity contribution is 5.79. The molecule has 160 valence electrons. The van der Waals surface area contributed by atoms with E-state index in [1.54, 1.807) is 0 Å². The molecule has 3 rings (SSSR count). The van der Waals surface area contributed by atoms with Gasteiger partial charge in [-0.15, -0.1) is 10.2 Å². The van der Waals surface area contributed by atoms with E-state index < -0.39 is 0 Å². The van der Waals surface area contributed by atoms with Gasteiger partial charge in [-0.25, -0.2) is 4.99 Å². The minimum Gasteiger partial charge on any atom is -0.493 e. The van der Waals surface area contributed by atoms with Crippen LogP contribution in [0.4, 0.5) is 0 Å². The zero-order valence-electron chi connectivity index (χ0n) is 18.2. The van der Waals surface area contributed by atoms with Crippen molar-refractivity contribution in [1.82, 2.24) is 25.2 Å². The number of nitrogens with zero attached hydrogens (tertiary/aromatic N) is 4. The van der Waals surface area contributed by atoms with E-state index in [0.29, 0.717) is 6.54 Å². The Hall–Kier alpha value is -3.09. The Balaban J connectivity index is 1.56. The third-order valence-electron chi connectivity index (χ3n) is 4.69. The quantitative estimate of drug-likeness (QED) is 0.305. The van der Waals surface area contributed by atoms with Crippen LogP contribution >= 0.6 is 0 Å². The molecule has 0 saturated carbocycles. The second-order valence-electron chi connectivity index (χ2n) is 7.23. The Kier molecular flexibility index (Phi) is 8.06. The molecular weight excluding hydrogens is 376 g/mol. The monoisotopic (exact) mass is 408 g/mol. The number of fused-ring (bicyclic) bond motifs is 1. The lowest BCUT2D eigenvalue weighted by Crippen LogP contribution is -2.37. The summed E-state index contributed by atoms with van der Waals surface area (Å²) in [7, 11) is 0. The number of ether oxygens (including phenoxy) is 1. The molecule has 0 aliphatic heterocycles. The lowest BCUT2D eigenvalue weighted by Gasteiger charge is -2.13. The standard InChI is InChI=1S/C23H32N6O/c1-4-15-30-20-16-18(3)11-12-19(20)17-26-23(24-5-2)25-13-8-10-22-28-27-21-9-6-7-14-29(21)22/h6-7,9,11-12,14,16H,4-5,8,10,13,15,17H2,1-3H3,(H2,24,25,26). The van der Waals surface area contributed by atoms with E-state index in [-0.39, 0.29) is 0 Å². The predicted octanol–water partition coefficient (Wildman–Crippen LogP) is 3.51. The second kappa shape index (κ2) is 11.2. The van der Waals surface area contributed by atoms with E-state index in [9.17, 15) is 0 Å². The molecule has 3 aromatic rings. The number of hydrogen-bond acceptors (Lipinski definition) is 4. The maximum atomic E-state index is 5.91. The first-order chi connectivity index (χ1) is 14.7. The number of aromatic nitrogens is 3. The van der Waals surface area contributed by atoms with Crippen molar-refractivity contribution in [1.29, 1.82) is 0 Å². The van der Waals surface area contributed by atoms with Gasteiger partial charge in [0.15, 0.2) is 11.6 Å². The van der Waals surface area contributed by atoms with Gasteiger partial charge < -0.3 is 15.4 Å². The van der Waals surface area contributed by atoms with Crippen molar-refractivity contribution in [3.63, 3.8) is 0 Å². The fourth-order valence-electron chi connectivity index (χ4n) is 3.16. The van der Waals surface area contributed by atoms with Gasteiger partial charge in [0.1, 0.15) is 11.6 Å². The first-order valence-corrected chi connectivity index (χ1v) is 10.7. The molecule has 0 aliphatic rings. The van der Waals surface area contributed by atoms with Gasteiger partial charge in [0.2, 0.25) is 0 Å². The summed E-state index contributed by atoms with van der Waals surface area (Å²) >= 11 is 0. The van der Waals surface area contributed by atoms with E-state index in [0.717, 1.165) is 67.7 Å². The summed E-state index contributed by atoms with van der Waals surface area (Å²) in [5.74, 6) is 2.72. The Morgan fingerprint density at radius 1 is 1.13 bits per heavy atom. The summed E-state index contributed by atoms with van der Waals surface area (Å²) in [4.78, 5) is 4.75. The van der Waals surface area contributed by atoms with E-state index in [2.05, 4.69) is 59.8 Å². The van der Waals surface area contributed by atoms with Gasteiger partial charge in [-0.3, -0.25) is 4.40 Å². The van der Waals surface area contributed by atoms with E-state index in [4.69, 9.17) is 9.73 Å². The molecule has 0 unspecified atom stereocenters. The van der Waals surface area contributed by atoms with Crippen molar-refractivity contribution in [2.75, 3.05) is 19.7 Å². The third kappa shape index (κ3) is 5.95. The molecule has 0 amide bonds. The number of hydrogen-bond donors (Lipinski definition) is 2. The Morgan fingerprint density at radius 3 is 2.87 bits per heavy atom. The van der Waals surface area contributed by atoms with Crippen LogP contribution in [0, 0.1) is 6.92 Å². The molecule has 0 fully saturated rings. The number of aryl methyl sites for hydroxylation is 2. The molecule has 0 bridgehead atoms. The molecule has 0 saturated heterocycles. The number of pyridine rings is 1. The third-order valence-corrected chi connectivity index (χ3v) is 4.69. The van der Waals surface area contributed by atoms with Crippen LogP contribution in [0.25, 0.3) is 5.65 Å². The van der Waals surface area contributed by atoms with E-state index in [1.807, 2.05) is 28.8 Å². The minimum atomic E-state index is 0.573. The van der Waals surface area contributed by atoms with Gasteiger partial charge in [0.05, 0.1) is 13.2 Å². The summed E-state index contributed by atoms with van der Waals surface area (Å²) in [5.41, 5.74) is 3.18. The normalized spacial score (nSPS) is 11.6. The first kappa shape index (κ1) is 21.6. The lowest BCUT2D eigenvalue weighted by molar-refractivity contribution is 0.314. The molecule has 0 radical (unpaired) electrons. The number of nitrogens with one attached hydrogen (secondary N) is 2. The van der Waals surface area contributed by atoms with Crippen molar-refractivity contribution in [3.05, 3.63) is 59.5 Å². The fraction of sp³-hybridized carbons (Fsp3) is 0.435. The van der Waals surface area contributed by atoms with E-state index >= 15 is 0 Å². The Morgan fingerprint density at radius 2 is 2.03 bits per heavy atom. The fourth-order valence-corrected chi connectivity index (χ4v) is 3.16. The molecular formula is C23H32N6O. The van der Waals surface area contributed by atoms with Crippen LogP contribution < -0.4 is 15.4 Å². The van der Waals surface area contributed by atoms with Crippen LogP contribution in [0.15, 0.2) is 47.6 Å². The van der Waals surface area contributed by atoms with Crippen LogP contribution in [0.2, 0.25) is 0 Å². The molecule has 0 atom stereocenters. The highest BCUT2D eigenvalue weighted by atomic mass is 16.5. The van der Waals surface area contributed by atoms with Crippen molar-refractivity contribution in [3.8, 4) is 5.75 Å². The average molecular weight is 409 g/mol. The molecule has 30 heavy (non-hydrogen) atoms. The average Bonchev–Trinajstić information content (AvgIpc) is 3.17. The van der Waals surface area contributed by atoms with Crippen molar-refractivity contribution >= 4 is 11.6 Å². The van der Waals surface area contributed by atoms with Crippen molar-refractivity contribution in [2.45, 2.75) is 46.6 Å². The van der Waals surface area contributed by atoms with Crippen molar-refractivity contribution in [2.24, 2.45) is 4.99 Å². The van der Waals surface area contributed by atoms with Crippen LogP contribution in [0.5, 0.6) is 5.75 Å². The van der Waals surface area contributed by atoms with Gasteiger partial charge in [0.25, 0.3) is 0 Å². The number of rotatable bonds is 10. The Labute approximate surface area is 178 Å². The predicted molar refractivity (Wildman–Crippen MR) is 121 cm³/mol. The van der Waals surface area contributed by atoms with Crippen molar-refractivity contribution < 1.29 is 4.74 Å². The minimum absolute atomic E-state index is 0.573. The van der Waals surface area contributed by atoms with Crippen LogP contribution in [-0.2, 0) is 13.0 Å². The first-order valence-electron chi connectivity index (χ1n) is 10.7. The van der Waals surface area contributed by atoms with Gasteiger partial charge >= 0.3 is 0 Å². The summed E-state index contributed by atoms with van der Waals surface area (Å²) in [5, 5.41) is 15.2. The van der Waals surface area contributed by atoms with Crippen LogP contribution in [0.1, 0.15) is 43.6 Å². The summed E-state index contributed by atoms with van der Waals surface area (Å²) in [6.45, 7) is 9.17. The second-order valence-corrected chi connectivity index (χ2v) is 7.23. The molecule has 0 aliphatic carbocycles. The summed E-state index contributed by atoms with van der Waals surface area (Å²) in [6, 6.07) is 12.2. The maximum Gasteiger partial charge on any atom is 0.191 e. The lowest BCUT2D eigenvalue weighted by atomic mass is 10.1. The molecule has 7 nitrogen and oxygen atoms in total. The van der Waals surface area contributed by atoms with Gasteiger partial charge in [-0.2, -0.15) is 0 Å². The molecule has 2 heterocycles. The van der Waals surface area contributed by atoms with Gasteiger partial charge in [-0.05, 0) is 50.5 Å². The smallest absolute Gasteiger partial charge is 0.191 e. The zero-order valence-corrected chi connectivity index (χ0v) is 18.2. The number of guanidine groups is 1. The van der Waals surface area contributed by atoms with Crippen LogP contribution in [-0.4, -0.2) is 40.3 Å².